The monoisotopic (exact) mass is 216 g/mol. The summed E-state index contributed by atoms with van der Waals surface area (Å²) in [5.74, 6) is 0.990. The lowest BCUT2D eigenvalue weighted by atomic mass is 10.0. The van der Waals surface area contributed by atoms with Crippen molar-refractivity contribution >= 4 is 0 Å². The van der Waals surface area contributed by atoms with Crippen LogP contribution in [0.3, 0.4) is 0 Å². The highest BCUT2D eigenvalue weighted by molar-refractivity contribution is 5.20. The van der Waals surface area contributed by atoms with Crippen LogP contribution >= 0.6 is 0 Å². The first-order valence-corrected chi connectivity index (χ1v) is 6.43. The summed E-state index contributed by atoms with van der Waals surface area (Å²) >= 11 is 0. The summed E-state index contributed by atoms with van der Waals surface area (Å²) in [6, 6.07) is 11.5. The van der Waals surface area contributed by atoms with E-state index in [0.717, 1.165) is 19.0 Å². The molecule has 1 saturated carbocycles. The zero-order valence-corrected chi connectivity index (χ0v) is 9.73. The molecule has 1 aromatic carbocycles. The third-order valence-electron chi connectivity index (χ3n) is 3.73. The Bertz CT molecular complexity index is 332. The highest BCUT2D eigenvalue weighted by atomic mass is 15.2. The third-order valence-corrected chi connectivity index (χ3v) is 3.73. The zero-order chi connectivity index (χ0) is 10.8. The lowest BCUT2D eigenvalue weighted by Gasteiger charge is -2.36. The fourth-order valence-electron chi connectivity index (χ4n) is 2.60. The van der Waals surface area contributed by atoms with E-state index in [1.165, 1.54) is 31.5 Å². The molecule has 16 heavy (non-hydrogen) atoms. The van der Waals surface area contributed by atoms with E-state index >= 15 is 0 Å². The van der Waals surface area contributed by atoms with Gasteiger partial charge in [0.2, 0.25) is 0 Å². The van der Waals surface area contributed by atoms with Gasteiger partial charge in [0.15, 0.2) is 0 Å². The molecule has 1 aliphatic carbocycles. The van der Waals surface area contributed by atoms with E-state index in [-0.39, 0.29) is 0 Å². The molecule has 1 heterocycles. The van der Waals surface area contributed by atoms with Crippen LogP contribution in [0.4, 0.5) is 0 Å². The molecular weight excluding hydrogens is 196 g/mol. The summed E-state index contributed by atoms with van der Waals surface area (Å²) in [6.45, 7) is 4.77. The normalized spacial score (nSPS) is 26.9. The van der Waals surface area contributed by atoms with Gasteiger partial charge in [0.1, 0.15) is 0 Å². The predicted octanol–water partition coefficient (Wildman–Crippen LogP) is 2.04. The first kappa shape index (κ1) is 10.3. The van der Waals surface area contributed by atoms with Gasteiger partial charge in [0, 0.05) is 32.2 Å². The Morgan fingerprint density at radius 1 is 1.19 bits per heavy atom. The van der Waals surface area contributed by atoms with Crippen molar-refractivity contribution in [1.29, 1.82) is 0 Å². The second-order valence-corrected chi connectivity index (χ2v) is 5.07. The van der Waals surface area contributed by atoms with Gasteiger partial charge in [-0.1, -0.05) is 30.3 Å². The minimum atomic E-state index is 0.593. The van der Waals surface area contributed by atoms with Gasteiger partial charge in [-0.25, -0.2) is 0 Å². The molecule has 2 fully saturated rings. The van der Waals surface area contributed by atoms with Crippen molar-refractivity contribution in [3.63, 3.8) is 0 Å². The second kappa shape index (κ2) is 4.56. The number of piperazine rings is 1. The molecule has 1 saturated heterocycles. The Kier molecular flexibility index (Phi) is 2.94. The summed E-state index contributed by atoms with van der Waals surface area (Å²) < 4.78 is 0. The first-order chi connectivity index (χ1) is 7.93. The van der Waals surface area contributed by atoms with Crippen molar-refractivity contribution in [2.24, 2.45) is 5.92 Å². The maximum absolute atomic E-state index is 3.52. The molecule has 0 spiro atoms. The van der Waals surface area contributed by atoms with Crippen LogP contribution in [-0.4, -0.2) is 31.1 Å². The quantitative estimate of drug-likeness (QED) is 0.832. The minimum absolute atomic E-state index is 0.593. The molecule has 0 amide bonds. The van der Waals surface area contributed by atoms with E-state index in [0.29, 0.717) is 6.04 Å². The molecule has 1 atom stereocenters. The molecule has 0 aromatic heterocycles. The van der Waals surface area contributed by atoms with Crippen LogP contribution < -0.4 is 5.32 Å². The molecule has 1 N–H and O–H groups in total. The number of rotatable bonds is 3. The summed E-state index contributed by atoms with van der Waals surface area (Å²) in [4.78, 5) is 2.67. The highest BCUT2D eigenvalue weighted by Crippen LogP contribution is 2.33. The lowest BCUT2D eigenvalue weighted by Crippen LogP contribution is -2.46. The molecule has 0 bridgehead atoms. The Hall–Kier alpha value is -0.860. The Balaban J connectivity index is 1.74. The molecule has 2 nitrogen and oxygen atoms in total. The van der Waals surface area contributed by atoms with Gasteiger partial charge in [-0.3, -0.25) is 4.90 Å². The van der Waals surface area contributed by atoms with Gasteiger partial charge in [-0.15, -0.1) is 0 Å². The molecule has 0 radical (unpaired) electrons. The average molecular weight is 216 g/mol. The van der Waals surface area contributed by atoms with Gasteiger partial charge >= 0.3 is 0 Å². The maximum atomic E-state index is 3.52. The van der Waals surface area contributed by atoms with Gasteiger partial charge in [-0.2, -0.15) is 0 Å². The van der Waals surface area contributed by atoms with Crippen LogP contribution in [0, 0.1) is 5.92 Å². The van der Waals surface area contributed by atoms with Crippen molar-refractivity contribution in [2.75, 3.05) is 26.2 Å². The number of hydrogen-bond donors (Lipinski definition) is 1. The van der Waals surface area contributed by atoms with Crippen molar-refractivity contribution in [3.05, 3.63) is 35.9 Å². The number of hydrogen-bond acceptors (Lipinski definition) is 2. The summed E-state index contributed by atoms with van der Waals surface area (Å²) in [6.07, 6.45) is 2.90. The summed E-state index contributed by atoms with van der Waals surface area (Å²) in [7, 11) is 0. The van der Waals surface area contributed by atoms with E-state index in [2.05, 4.69) is 40.5 Å². The van der Waals surface area contributed by atoms with Gasteiger partial charge < -0.3 is 5.32 Å². The van der Waals surface area contributed by atoms with Crippen molar-refractivity contribution in [3.8, 4) is 0 Å². The van der Waals surface area contributed by atoms with E-state index in [4.69, 9.17) is 0 Å². The summed E-state index contributed by atoms with van der Waals surface area (Å²) in [5, 5.41) is 3.52. The Morgan fingerprint density at radius 2 is 2.00 bits per heavy atom. The molecule has 1 aromatic rings. The smallest absolute Gasteiger partial charge is 0.0473 e. The Labute approximate surface area is 97.6 Å². The van der Waals surface area contributed by atoms with Crippen molar-refractivity contribution in [1.82, 2.24) is 10.2 Å². The largest absolute Gasteiger partial charge is 0.314 e. The molecule has 86 valence electrons. The third kappa shape index (κ3) is 2.28. The van der Waals surface area contributed by atoms with E-state index < -0.39 is 0 Å². The zero-order valence-electron chi connectivity index (χ0n) is 9.73. The molecule has 2 heteroatoms. The average Bonchev–Trinajstić information content (AvgIpc) is 3.15. The SMILES string of the molecule is c1ccc(C2CNCCN2CC2CC2)cc1. The maximum Gasteiger partial charge on any atom is 0.0473 e. The predicted molar refractivity (Wildman–Crippen MR) is 66.3 cm³/mol. The van der Waals surface area contributed by atoms with Crippen molar-refractivity contribution < 1.29 is 0 Å². The van der Waals surface area contributed by atoms with Crippen LogP contribution in [-0.2, 0) is 0 Å². The molecule has 2 aliphatic rings. The van der Waals surface area contributed by atoms with Gasteiger partial charge in [-0.05, 0) is 24.3 Å². The van der Waals surface area contributed by atoms with Crippen LogP contribution in [0.2, 0.25) is 0 Å². The topological polar surface area (TPSA) is 15.3 Å². The lowest BCUT2D eigenvalue weighted by molar-refractivity contribution is 0.155. The molecule has 3 rings (SSSR count). The number of benzene rings is 1. The number of nitrogens with one attached hydrogen (secondary N) is 1. The number of nitrogens with zero attached hydrogens (tertiary/aromatic N) is 1. The molecule has 1 aliphatic heterocycles. The van der Waals surface area contributed by atoms with E-state index in [1.807, 2.05) is 0 Å². The Morgan fingerprint density at radius 3 is 2.75 bits per heavy atom. The second-order valence-electron chi connectivity index (χ2n) is 5.07. The van der Waals surface area contributed by atoms with Crippen LogP contribution in [0.5, 0.6) is 0 Å². The van der Waals surface area contributed by atoms with Crippen LogP contribution in [0.1, 0.15) is 24.4 Å². The summed E-state index contributed by atoms with van der Waals surface area (Å²) in [5.41, 5.74) is 1.47. The van der Waals surface area contributed by atoms with E-state index in [1.54, 1.807) is 0 Å². The van der Waals surface area contributed by atoms with Gasteiger partial charge in [0.05, 0.1) is 0 Å². The standard InChI is InChI=1S/C14H20N2/c1-2-4-13(5-3-1)14-10-15-8-9-16(14)11-12-6-7-12/h1-5,12,14-15H,6-11H2. The molecular formula is C14H20N2. The highest BCUT2D eigenvalue weighted by Gasteiger charge is 2.30. The fraction of sp³-hybridized carbons (Fsp3) is 0.571. The van der Waals surface area contributed by atoms with E-state index in [9.17, 15) is 0 Å². The molecule has 1 unspecified atom stereocenters. The first-order valence-electron chi connectivity index (χ1n) is 6.43. The minimum Gasteiger partial charge on any atom is -0.314 e. The van der Waals surface area contributed by atoms with Gasteiger partial charge in [0.25, 0.3) is 0 Å². The van der Waals surface area contributed by atoms with Crippen molar-refractivity contribution in [2.45, 2.75) is 18.9 Å². The van der Waals surface area contributed by atoms with Crippen LogP contribution in [0.15, 0.2) is 30.3 Å². The van der Waals surface area contributed by atoms with Crippen LogP contribution in [0.25, 0.3) is 0 Å². The fourth-order valence-corrected chi connectivity index (χ4v) is 2.60.